The lowest BCUT2D eigenvalue weighted by molar-refractivity contribution is -0.113. The van der Waals surface area contributed by atoms with Gasteiger partial charge in [-0.3, -0.25) is 9.59 Å². The molecule has 3 aromatic carbocycles. The van der Waals surface area contributed by atoms with Crippen LogP contribution < -0.4 is 24.5 Å². The van der Waals surface area contributed by atoms with Gasteiger partial charge in [-0.25, -0.2) is 4.39 Å². The van der Waals surface area contributed by atoms with Crippen molar-refractivity contribution in [2.24, 2.45) is 0 Å². The SMILES string of the molecule is O=C1C(=c2sc3nc(C4COc5ccccc5O4)nn3c2=O)c2ccccc2N1Cc1ccc(F)cc1. The Bertz CT molecular complexity index is 1810. The molecule has 1 amide bonds. The van der Waals surface area contributed by atoms with Gasteiger partial charge in [0.15, 0.2) is 23.4 Å². The normalized spacial score (nSPS) is 17.9. The summed E-state index contributed by atoms with van der Waals surface area (Å²) in [6, 6.07) is 20.6. The van der Waals surface area contributed by atoms with E-state index < -0.39 is 11.7 Å². The van der Waals surface area contributed by atoms with Crippen LogP contribution in [0.2, 0.25) is 0 Å². The highest BCUT2D eigenvalue weighted by molar-refractivity contribution is 7.15. The summed E-state index contributed by atoms with van der Waals surface area (Å²) in [5.41, 5.74) is 2.02. The zero-order chi connectivity index (χ0) is 25.1. The van der Waals surface area contributed by atoms with E-state index in [0.717, 1.165) is 16.9 Å². The summed E-state index contributed by atoms with van der Waals surface area (Å²) in [5, 5.41) is 4.40. The predicted octanol–water partition coefficient (Wildman–Crippen LogP) is 3.27. The van der Waals surface area contributed by atoms with Gasteiger partial charge in [-0.05, 0) is 35.9 Å². The van der Waals surface area contributed by atoms with Crippen molar-refractivity contribution in [1.29, 1.82) is 0 Å². The van der Waals surface area contributed by atoms with E-state index in [2.05, 4.69) is 10.1 Å². The first-order valence-corrected chi connectivity index (χ1v) is 12.4. The second kappa shape index (κ2) is 8.24. The van der Waals surface area contributed by atoms with Crippen molar-refractivity contribution in [3.8, 4) is 11.5 Å². The summed E-state index contributed by atoms with van der Waals surface area (Å²) in [4.78, 5) is 33.5. The molecule has 0 fully saturated rings. The van der Waals surface area contributed by atoms with Crippen LogP contribution in [-0.4, -0.2) is 27.1 Å². The molecule has 2 aromatic heterocycles. The van der Waals surface area contributed by atoms with Gasteiger partial charge in [-0.2, -0.15) is 9.50 Å². The number of para-hydroxylation sites is 3. The summed E-state index contributed by atoms with van der Waals surface area (Å²) in [5.74, 6) is 0.929. The van der Waals surface area contributed by atoms with Gasteiger partial charge in [-0.1, -0.05) is 53.8 Å². The fraction of sp³-hybridized carbons (Fsp3) is 0.111. The topological polar surface area (TPSA) is 86.0 Å². The molecule has 5 aromatic rings. The Balaban J connectivity index is 1.29. The Labute approximate surface area is 212 Å². The predicted molar refractivity (Wildman–Crippen MR) is 134 cm³/mol. The first-order chi connectivity index (χ1) is 18.1. The zero-order valence-corrected chi connectivity index (χ0v) is 19.9. The van der Waals surface area contributed by atoms with Gasteiger partial charge in [0.25, 0.3) is 11.5 Å². The average Bonchev–Trinajstić information content (AvgIpc) is 3.56. The molecule has 7 rings (SSSR count). The standard InChI is InChI=1S/C27H17FN4O4S/c28-16-11-9-15(10-12-16)13-31-18-6-2-1-5-17(18)22(25(31)33)23-26(34)32-27(37-23)29-24(30-32)21-14-35-19-7-3-4-8-20(19)36-21/h1-12,21H,13-14H2. The lowest BCUT2D eigenvalue weighted by Crippen LogP contribution is -2.32. The number of hydrogen-bond donors (Lipinski definition) is 0. The number of hydrogen-bond acceptors (Lipinski definition) is 7. The molecule has 0 spiro atoms. The molecule has 1 atom stereocenters. The van der Waals surface area contributed by atoms with Crippen LogP contribution in [0.3, 0.4) is 0 Å². The number of ether oxygens (including phenoxy) is 2. The fourth-order valence-electron chi connectivity index (χ4n) is 4.61. The minimum Gasteiger partial charge on any atom is -0.485 e. The highest BCUT2D eigenvalue weighted by Gasteiger charge is 2.35. The third kappa shape index (κ3) is 3.48. The first kappa shape index (κ1) is 21.7. The van der Waals surface area contributed by atoms with Crippen molar-refractivity contribution < 1.29 is 18.7 Å². The minimum atomic E-state index is -0.558. The van der Waals surface area contributed by atoms with Gasteiger partial charge < -0.3 is 14.4 Å². The Morgan fingerprint density at radius 1 is 0.973 bits per heavy atom. The number of fused-ring (bicyclic) bond motifs is 3. The van der Waals surface area contributed by atoms with Crippen molar-refractivity contribution in [2.75, 3.05) is 11.5 Å². The van der Waals surface area contributed by atoms with Gasteiger partial charge in [0.1, 0.15) is 17.0 Å². The molecule has 10 heteroatoms. The summed E-state index contributed by atoms with van der Waals surface area (Å²) >= 11 is 1.12. The van der Waals surface area contributed by atoms with Gasteiger partial charge in [-0.15, -0.1) is 5.10 Å². The number of benzene rings is 3. The van der Waals surface area contributed by atoms with E-state index in [1.54, 1.807) is 23.1 Å². The molecule has 0 saturated heterocycles. The fourth-order valence-corrected chi connectivity index (χ4v) is 5.62. The highest BCUT2D eigenvalue weighted by Crippen LogP contribution is 2.37. The van der Waals surface area contributed by atoms with Gasteiger partial charge >= 0.3 is 0 Å². The third-order valence-corrected chi connectivity index (χ3v) is 7.40. The summed E-state index contributed by atoms with van der Waals surface area (Å²) in [6.45, 7) is 0.469. The van der Waals surface area contributed by atoms with Crippen molar-refractivity contribution in [3.05, 3.63) is 110 Å². The lowest BCUT2D eigenvalue weighted by atomic mass is 10.1. The molecule has 2 aliphatic rings. The molecule has 0 bridgehead atoms. The van der Waals surface area contributed by atoms with Crippen LogP contribution in [0.4, 0.5) is 10.1 Å². The molecule has 0 saturated carbocycles. The van der Waals surface area contributed by atoms with E-state index in [1.165, 1.54) is 16.6 Å². The minimum absolute atomic E-state index is 0.220. The summed E-state index contributed by atoms with van der Waals surface area (Å²) in [6.07, 6.45) is -0.558. The average molecular weight is 513 g/mol. The Morgan fingerprint density at radius 2 is 1.73 bits per heavy atom. The maximum atomic E-state index is 13.6. The van der Waals surface area contributed by atoms with E-state index in [9.17, 15) is 14.0 Å². The Hall–Kier alpha value is -4.57. The van der Waals surface area contributed by atoms with E-state index >= 15 is 0 Å². The molecule has 4 heterocycles. The van der Waals surface area contributed by atoms with Crippen LogP contribution in [0.5, 0.6) is 11.5 Å². The van der Waals surface area contributed by atoms with Gasteiger partial charge in [0, 0.05) is 5.56 Å². The number of nitrogens with zero attached hydrogens (tertiary/aromatic N) is 4. The number of thiazole rings is 1. The van der Waals surface area contributed by atoms with Crippen LogP contribution in [0.15, 0.2) is 77.6 Å². The van der Waals surface area contributed by atoms with Crippen LogP contribution in [0, 0.1) is 5.82 Å². The van der Waals surface area contributed by atoms with Crippen molar-refractivity contribution in [3.63, 3.8) is 0 Å². The number of anilines is 1. The molecule has 1 unspecified atom stereocenters. The summed E-state index contributed by atoms with van der Waals surface area (Å²) < 4.78 is 26.6. The second-order valence-electron chi connectivity index (χ2n) is 8.67. The number of amides is 1. The Morgan fingerprint density at radius 3 is 2.54 bits per heavy atom. The molecule has 0 N–H and O–H groups in total. The molecule has 2 aliphatic heterocycles. The first-order valence-electron chi connectivity index (χ1n) is 11.5. The molecule has 0 radical (unpaired) electrons. The number of halogens is 1. The van der Waals surface area contributed by atoms with Crippen LogP contribution in [0.25, 0.3) is 10.5 Å². The van der Waals surface area contributed by atoms with Crippen LogP contribution in [0.1, 0.15) is 23.1 Å². The zero-order valence-electron chi connectivity index (χ0n) is 19.1. The molecule has 182 valence electrons. The number of carbonyl (C=O) groups is 1. The van der Waals surface area contributed by atoms with Crippen molar-refractivity contribution in [2.45, 2.75) is 12.6 Å². The second-order valence-corrected chi connectivity index (χ2v) is 9.65. The molecular weight excluding hydrogens is 495 g/mol. The summed E-state index contributed by atoms with van der Waals surface area (Å²) in [7, 11) is 0. The van der Waals surface area contributed by atoms with Crippen LogP contribution >= 0.6 is 11.3 Å². The van der Waals surface area contributed by atoms with E-state index in [1.807, 2.05) is 42.5 Å². The highest BCUT2D eigenvalue weighted by atomic mass is 32.1. The van der Waals surface area contributed by atoms with Gasteiger partial charge in [0.05, 0.1) is 17.8 Å². The van der Waals surface area contributed by atoms with Gasteiger partial charge in [0.2, 0.25) is 4.96 Å². The van der Waals surface area contributed by atoms with E-state index in [0.29, 0.717) is 39.1 Å². The quantitative estimate of drug-likeness (QED) is 0.369. The van der Waals surface area contributed by atoms with E-state index in [-0.39, 0.29) is 29.4 Å². The smallest absolute Gasteiger partial charge is 0.291 e. The lowest BCUT2D eigenvalue weighted by Gasteiger charge is -2.24. The number of carbonyl (C=O) groups excluding carboxylic acids is 1. The molecule has 0 aliphatic carbocycles. The molecule has 8 nitrogen and oxygen atoms in total. The molecule has 37 heavy (non-hydrogen) atoms. The van der Waals surface area contributed by atoms with Crippen molar-refractivity contribution >= 4 is 33.5 Å². The number of aromatic nitrogens is 3. The number of rotatable bonds is 3. The monoisotopic (exact) mass is 512 g/mol. The largest absolute Gasteiger partial charge is 0.485 e. The third-order valence-electron chi connectivity index (χ3n) is 6.37. The maximum absolute atomic E-state index is 13.6. The van der Waals surface area contributed by atoms with Crippen molar-refractivity contribution in [1.82, 2.24) is 14.6 Å². The molecular formula is C27H17FN4O4S. The maximum Gasteiger partial charge on any atom is 0.291 e. The Kier molecular flexibility index (Phi) is 4.83. The van der Waals surface area contributed by atoms with Crippen LogP contribution in [-0.2, 0) is 11.3 Å². The van der Waals surface area contributed by atoms with E-state index in [4.69, 9.17) is 9.47 Å².